The summed E-state index contributed by atoms with van der Waals surface area (Å²) in [4.78, 5) is 36.6. The summed E-state index contributed by atoms with van der Waals surface area (Å²) in [7, 11) is 0. The summed E-state index contributed by atoms with van der Waals surface area (Å²) >= 11 is 6.06. The number of nitro benzene ring substituents is 1. The Morgan fingerprint density at radius 1 is 1.15 bits per heavy atom. The van der Waals surface area contributed by atoms with Gasteiger partial charge in [-0.05, 0) is 42.0 Å². The van der Waals surface area contributed by atoms with E-state index in [1.54, 1.807) is 0 Å². The standard InChI is InChI=1S/C23H17ClFN3O5/c24-16-8-15(10-26-27-22(29)19-13-3-4-14(7-13)20(19)23(27)30)21(18(9-16)28(31)32)33-11-12-1-5-17(25)6-2-12/h1-6,8-10,13-14,19-20H,7,11H2. The van der Waals surface area contributed by atoms with Gasteiger partial charge in [-0.15, -0.1) is 0 Å². The predicted octanol–water partition coefficient (Wildman–Crippen LogP) is 4.11. The molecule has 1 heterocycles. The van der Waals surface area contributed by atoms with E-state index in [0.29, 0.717) is 5.56 Å². The average Bonchev–Trinajstić information content (AvgIpc) is 3.46. The minimum absolute atomic E-state index is 0.0403. The first-order valence-corrected chi connectivity index (χ1v) is 10.7. The maximum Gasteiger partial charge on any atom is 0.313 e. The molecule has 2 fully saturated rings. The third-order valence-corrected chi connectivity index (χ3v) is 6.53. The highest BCUT2D eigenvalue weighted by molar-refractivity contribution is 6.31. The van der Waals surface area contributed by atoms with Crippen molar-refractivity contribution in [3.8, 4) is 5.75 Å². The van der Waals surface area contributed by atoms with Crippen LogP contribution in [-0.2, 0) is 16.2 Å². The molecular formula is C23H17ClFN3O5. The molecule has 0 aromatic heterocycles. The van der Waals surface area contributed by atoms with Gasteiger partial charge in [-0.3, -0.25) is 19.7 Å². The molecule has 2 amide bonds. The van der Waals surface area contributed by atoms with Gasteiger partial charge in [0.2, 0.25) is 5.75 Å². The number of imide groups is 1. The number of benzene rings is 2. The second-order valence-corrected chi connectivity index (χ2v) is 8.68. The molecule has 33 heavy (non-hydrogen) atoms. The molecule has 2 aliphatic carbocycles. The Kier molecular flexibility index (Phi) is 5.20. The molecule has 168 valence electrons. The van der Waals surface area contributed by atoms with Crippen LogP contribution >= 0.6 is 11.6 Å². The topological polar surface area (TPSA) is 102 Å². The third-order valence-electron chi connectivity index (χ3n) is 6.32. The lowest BCUT2D eigenvalue weighted by molar-refractivity contribution is -0.385. The lowest BCUT2D eigenvalue weighted by Gasteiger charge is -2.13. The van der Waals surface area contributed by atoms with Crippen molar-refractivity contribution in [2.45, 2.75) is 13.0 Å². The van der Waals surface area contributed by atoms with Crippen LogP contribution in [0.4, 0.5) is 10.1 Å². The number of allylic oxidation sites excluding steroid dienone is 2. The smallest absolute Gasteiger partial charge is 0.313 e. The van der Waals surface area contributed by atoms with Crippen LogP contribution in [0.3, 0.4) is 0 Å². The van der Waals surface area contributed by atoms with Crippen LogP contribution < -0.4 is 4.74 Å². The lowest BCUT2D eigenvalue weighted by atomic mass is 9.85. The largest absolute Gasteiger partial charge is 0.481 e. The third kappa shape index (κ3) is 3.68. The van der Waals surface area contributed by atoms with Gasteiger partial charge in [0.25, 0.3) is 11.8 Å². The van der Waals surface area contributed by atoms with Crippen LogP contribution in [0.5, 0.6) is 5.75 Å². The Labute approximate surface area is 192 Å². The number of hydrogen-bond donors (Lipinski definition) is 0. The molecular weight excluding hydrogens is 453 g/mol. The van der Waals surface area contributed by atoms with Crippen molar-refractivity contribution in [2.75, 3.05) is 0 Å². The van der Waals surface area contributed by atoms with Crippen LogP contribution in [-0.4, -0.2) is 28.0 Å². The van der Waals surface area contributed by atoms with Gasteiger partial charge < -0.3 is 4.74 Å². The number of carbonyl (C=O) groups is 2. The Bertz CT molecular complexity index is 1200. The fourth-order valence-electron chi connectivity index (χ4n) is 4.85. The van der Waals surface area contributed by atoms with Crippen molar-refractivity contribution in [1.29, 1.82) is 0 Å². The van der Waals surface area contributed by atoms with E-state index in [2.05, 4.69) is 5.10 Å². The van der Waals surface area contributed by atoms with Crippen LogP contribution in [0.1, 0.15) is 17.5 Å². The number of ether oxygens (including phenoxy) is 1. The van der Waals surface area contributed by atoms with Crippen LogP contribution in [0, 0.1) is 39.6 Å². The molecule has 3 aliphatic rings. The number of carbonyl (C=O) groups excluding carboxylic acids is 2. The van der Waals surface area contributed by atoms with E-state index in [1.165, 1.54) is 36.5 Å². The van der Waals surface area contributed by atoms with Crippen LogP contribution in [0.25, 0.3) is 0 Å². The first kappa shape index (κ1) is 21.3. The van der Waals surface area contributed by atoms with E-state index >= 15 is 0 Å². The Balaban J connectivity index is 1.44. The lowest BCUT2D eigenvalue weighted by Crippen LogP contribution is -2.28. The number of hydrogen-bond acceptors (Lipinski definition) is 6. The molecule has 0 spiro atoms. The summed E-state index contributed by atoms with van der Waals surface area (Å²) in [5.74, 6) is -2.03. The Morgan fingerprint density at radius 2 is 1.79 bits per heavy atom. The van der Waals surface area contributed by atoms with Gasteiger partial charge in [0.15, 0.2) is 0 Å². The Morgan fingerprint density at radius 3 is 2.39 bits per heavy atom. The van der Waals surface area contributed by atoms with E-state index in [1.807, 2.05) is 12.2 Å². The number of fused-ring (bicyclic) bond motifs is 5. The SMILES string of the molecule is O=C1C2C3C=CC(C3)C2C(=O)N1N=Cc1cc(Cl)cc([N+](=O)[O-])c1OCc1ccc(F)cc1. The van der Waals surface area contributed by atoms with Crippen LogP contribution in [0.2, 0.25) is 5.02 Å². The highest BCUT2D eigenvalue weighted by Crippen LogP contribution is 2.52. The first-order chi connectivity index (χ1) is 15.8. The zero-order valence-corrected chi connectivity index (χ0v) is 17.8. The van der Waals surface area contributed by atoms with E-state index in [9.17, 15) is 24.1 Å². The molecule has 10 heteroatoms. The molecule has 1 aliphatic heterocycles. The summed E-state index contributed by atoms with van der Waals surface area (Å²) in [5.41, 5.74) is 0.323. The van der Waals surface area contributed by atoms with Crippen molar-refractivity contribution in [1.82, 2.24) is 5.01 Å². The summed E-state index contributed by atoms with van der Waals surface area (Å²) in [6, 6.07) is 8.02. The molecule has 2 aromatic rings. The quantitative estimate of drug-likeness (QED) is 0.208. The van der Waals surface area contributed by atoms with Crippen molar-refractivity contribution in [2.24, 2.45) is 28.8 Å². The second-order valence-electron chi connectivity index (χ2n) is 8.25. The number of hydrazone groups is 1. The number of nitrogens with zero attached hydrogens (tertiary/aromatic N) is 3. The van der Waals surface area contributed by atoms with Gasteiger partial charge in [0.05, 0.1) is 23.0 Å². The molecule has 2 aromatic carbocycles. The maximum absolute atomic E-state index is 13.2. The van der Waals surface area contributed by atoms with Crippen molar-refractivity contribution < 1.29 is 23.6 Å². The normalized spacial score (nSPS) is 25.3. The van der Waals surface area contributed by atoms with Gasteiger partial charge in [-0.2, -0.15) is 10.1 Å². The highest BCUT2D eigenvalue weighted by atomic mass is 35.5. The molecule has 5 rings (SSSR count). The summed E-state index contributed by atoms with van der Waals surface area (Å²) in [6.45, 7) is -0.0790. The molecule has 8 nitrogen and oxygen atoms in total. The van der Waals surface area contributed by atoms with Crippen molar-refractivity contribution in [3.63, 3.8) is 0 Å². The molecule has 4 unspecified atom stereocenters. The van der Waals surface area contributed by atoms with Gasteiger partial charge >= 0.3 is 5.69 Å². The molecule has 1 saturated carbocycles. The number of halogens is 2. The number of rotatable bonds is 6. The highest BCUT2D eigenvalue weighted by Gasteiger charge is 2.59. The molecule has 4 atom stereocenters. The van der Waals surface area contributed by atoms with Gasteiger partial charge in [0, 0.05) is 16.7 Å². The second kappa shape index (κ2) is 8.08. The van der Waals surface area contributed by atoms with Crippen LogP contribution in [0.15, 0.2) is 53.7 Å². The number of amides is 2. The maximum atomic E-state index is 13.2. The van der Waals surface area contributed by atoms with Gasteiger partial charge in [0.1, 0.15) is 12.4 Å². The fourth-order valence-corrected chi connectivity index (χ4v) is 5.07. The Hall–Kier alpha value is -3.59. The predicted molar refractivity (Wildman–Crippen MR) is 116 cm³/mol. The van der Waals surface area contributed by atoms with E-state index < -0.39 is 28.3 Å². The molecule has 2 bridgehead atoms. The summed E-state index contributed by atoms with van der Waals surface area (Å²) in [6.07, 6.45) is 5.93. The number of nitro groups is 1. The van der Waals surface area contributed by atoms with E-state index in [-0.39, 0.29) is 46.6 Å². The van der Waals surface area contributed by atoms with E-state index in [4.69, 9.17) is 16.3 Å². The van der Waals surface area contributed by atoms with E-state index in [0.717, 1.165) is 17.5 Å². The minimum atomic E-state index is -0.650. The zero-order valence-electron chi connectivity index (χ0n) is 17.1. The van der Waals surface area contributed by atoms with Crippen molar-refractivity contribution in [3.05, 3.63) is 80.6 Å². The summed E-state index contributed by atoms with van der Waals surface area (Å²) in [5, 5.41) is 16.6. The zero-order chi connectivity index (χ0) is 23.3. The monoisotopic (exact) mass is 469 g/mol. The summed E-state index contributed by atoms with van der Waals surface area (Å²) < 4.78 is 18.8. The molecule has 0 N–H and O–H groups in total. The van der Waals surface area contributed by atoms with Gasteiger partial charge in [-0.25, -0.2) is 4.39 Å². The van der Waals surface area contributed by atoms with Gasteiger partial charge in [-0.1, -0.05) is 35.9 Å². The van der Waals surface area contributed by atoms with Crippen molar-refractivity contribution >= 4 is 35.3 Å². The first-order valence-electron chi connectivity index (χ1n) is 10.3. The molecule has 0 radical (unpaired) electrons. The average molecular weight is 470 g/mol. The minimum Gasteiger partial charge on any atom is -0.481 e. The fraction of sp³-hybridized carbons (Fsp3) is 0.261. The molecule has 1 saturated heterocycles.